The van der Waals surface area contributed by atoms with E-state index in [2.05, 4.69) is 9.72 Å². The Balaban J connectivity index is 2.46. The standard InChI is InChI=1S/C14H14FNO3/c1-8-6-10(15)7-11-12(4-5-16-13(8)11)19-9(2)14(17)18-3/h4-7,9H,1-3H3/t9-/m1/s1. The second-order valence-electron chi connectivity index (χ2n) is 4.21. The highest BCUT2D eigenvalue weighted by Gasteiger charge is 2.17. The number of methoxy groups -OCH3 is 1. The molecule has 1 atom stereocenters. The largest absolute Gasteiger partial charge is 0.478 e. The second kappa shape index (κ2) is 5.22. The summed E-state index contributed by atoms with van der Waals surface area (Å²) in [6, 6.07) is 4.35. The third-order valence-corrected chi connectivity index (χ3v) is 2.80. The highest BCUT2D eigenvalue weighted by molar-refractivity contribution is 5.87. The van der Waals surface area contributed by atoms with Crippen LogP contribution in [0, 0.1) is 12.7 Å². The van der Waals surface area contributed by atoms with Gasteiger partial charge in [0.05, 0.1) is 12.6 Å². The van der Waals surface area contributed by atoms with Gasteiger partial charge in [-0.3, -0.25) is 4.98 Å². The van der Waals surface area contributed by atoms with Gasteiger partial charge in [0.2, 0.25) is 0 Å². The molecule has 0 amide bonds. The number of aryl methyl sites for hydroxylation is 1. The van der Waals surface area contributed by atoms with E-state index in [4.69, 9.17) is 4.74 Å². The molecule has 0 bridgehead atoms. The van der Waals surface area contributed by atoms with Crippen LogP contribution in [0.2, 0.25) is 0 Å². The minimum absolute atomic E-state index is 0.367. The monoisotopic (exact) mass is 263 g/mol. The summed E-state index contributed by atoms with van der Waals surface area (Å²) in [7, 11) is 1.29. The van der Waals surface area contributed by atoms with Crippen molar-refractivity contribution in [1.29, 1.82) is 0 Å². The normalized spacial score (nSPS) is 12.2. The predicted molar refractivity (Wildman–Crippen MR) is 68.5 cm³/mol. The molecule has 1 heterocycles. The van der Waals surface area contributed by atoms with Crippen molar-refractivity contribution >= 4 is 16.9 Å². The Bertz CT molecular complexity index is 627. The van der Waals surface area contributed by atoms with Crippen LogP contribution in [0.25, 0.3) is 10.9 Å². The molecule has 0 fully saturated rings. The maximum atomic E-state index is 13.5. The molecule has 0 aliphatic heterocycles. The number of nitrogens with zero attached hydrogens (tertiary/aromatic N) is 1. The zero-order chi connectivity index (χ0) is 14.0. The first-order chi connectivity index (χ1) is 9.02. The van der Waals surface area contributed by atoms with Gasteiger partial charge in [-0.25, -0.2) is 9.18 Å². The van der Waals surface area contributed by atoms with Gasteiger partial charge in [-0.1, -0.05) is 0 Å². The van der Waals surface area contributed by atoms with Gasteiger partial charge in [0, 0.05) is 11.6 Å². The van der Waals surface area contributed by atoms with Crippen molar-refractivity contribution in [3.8, 4) is 5.75 Å². The molecule has 0 N–H and O–H groups in total. The number of carbonyl (C=O) groups is 1. The molecule has 0 saturated carbocycles. The van der Waals surface area contributed by atoms with Gasteiger partial charge in [0.15, 0.2) is 6.10 Å². The SMILES string of the molecule is COC(=O)[C@@H](C)Oc1ccnc2c(C)cc(F)cc12. The summed E-state index contributed by atoms with van der Waals surface area (Å²) in [4.78, 5) is 15.5. The molecule has 4 nitrogen and oxygen atoms in total. The van der Waals surface area contributed by atoms with E-state index in [-0.39, 0.29) is 5.82 Å². The maximum Gasteiger partial charge on any atom is 0.346 e. The van der Waals surface area contributed by atoms with Crippen LogP contribution in [0.4, 0.5) is 4.39 Å². The highest BCUT2D eigenvalue weighted by atomic mass is 19.1. The number of aromatic nitrogens is 1. The summed E-state index contributed by atoms with van der Waals surface area (Å²) < 4.78 is 23.6. The average Bonchev–Trinajstić information content (AvgIpc) is 2.38. The van der Waals surface area contributed by atoms with Crippen LogP contribution >= 0.6 is 0 Å². The Morgan fingerprint density at radius 1 is 1.42 bits per heavy atom. The van der Waals surface area contributed by atoms with Crippen molar-refractivity contribution in [2.45, 2.75) is 20.0 Å². The van der Waals surface area contributed by atoms with Gasteiger partial charge in [-0.05, 0) is 37.6 Å². The Labute approximate surface area is 110 Å². The molecular weight excluding hydrogens is 249 g/mol. The summed E-state index contributed by atoms with van der Waals surface area (Å²) in [6.07, 6.45) is 0.797. The molecule has 0 aliphatic rings. The zero-order valence-electron chi connectivity index (χ0n) is 10.9. The number of hydrogen-bond donors (Lipinski definition) is 0. The quantitative estimate of drug-likeness (QED) is 0.799. The van der Waals surface area contributed by atoms with Gasteiger partial charge in [-0.15, -0.1) is 0 Å². The lowest BCUT2D eigenvalue weighted by Crippen LogP contribution is -2.25. The molecule has 0 unspecified atom stereocenters. The minimum Gasteiger partial charge on any atom is -0.478 e. The minimum atomic E-state index is -0.765. The van der Waals surface area contributed by atoms with E-state index in [1.54, 1.807) is 26.1 Å². The number of benzene rings is 1. The topological polar surface area (TPSA) is 48.4 Å². The van der Waals surface area contributed by atoms with E-state index in [0.29, 0.717) is 22.2 Å². The first-order valence-electron chi connectivity index (χ1n) is 5.82. The van der Waals surface area contributed by atoms with Gasteiger partial charge in [0.1, 0.15) is 11.6 Å². The fraction of sp³-hybridized carbons (Fsp3) is 0.286. The summed E-state index contributed by atoms with van der Waals surface area (Å²) in [6.45, 7) is 3.34. The molecule has 0 radical (unpaired) electrons. The summed E-state index contributed by atoms with van der Waals surface area (Å²) in [5.74, 6) is -0.447. The van der Waals surface area contributed by atoms with Crippen molar-refractivity contribution in [1.82, 2.24) is 4.98 Å². The molecule has 0 saturated heterocycles. The first kappa shape index (κ1) is 13.3. The van der Waals surface area contributed by atoms with Crippen LogP contribution in [0.1, 0.15) is 12.5 Å². The molecule has 100 valence electrons. The molecule has 2 aromatic rings. The molecule has 0 aliphatic carbocycles. The number of esters is 1. The van der Waals surface area contributed by atoms with Crippen LogP contribution in [0.3, 0.4) is 0 Å². The highest BCUT2D eigenvalue weighted by Crippen LogP contribution is 2.27. The van der Waals surface area contributed by atoms with E-state index < -0.39 is 12.1 Å². The maximum absolute atomic E-state index is 13.5. The summed E-state index contributed by atoms with van der Waals surface area (Å²) in [5.41, 5.74) is 1.36. The number of pyridine rings is 1. The van der Waals surface area contributed by atoms with Gasteiger partial charge >= 0.3 is 5.97 Å². The third kappa shape index (κ3) is 2.65. The summed E-state index contributed by atoms with van der Waals surface area (Å²) >= 11 is 0. The second-order valence-corrected chi connectivity index (χ2v) is 4.21. The molecule has 19 heavy (non-hydrogen) atoms. The number of ether oxygens (including phenoxy) is 2. The van der Waals surface area contributed by atoms with Crippen molar-refractivity contribution in [3.63, 3.8) is 0 Å². The van der Waals surface area contributed by atoms with Crippen molar-refractivity contribution in [3.05, 3.63) is 35.8 Å². The van der Waals surface area contributed by atoms with Gasteiger partial charge in [-0.2, -0.15) is 0 Å². The van der Waals surface area contributed by atoms with Crippen LogP contribution in [-0.4, -0.2) is 24.2 Å². The van der Waals surface area contributed by atoms with E-state index >= 15 is 0 Å². The molecule has 5 heteroatoms. The Morgan fingerprint density at radius 3 is 2.84 bits per heavy atom. The fourth-order valence-corrected chi connectivity index (χ4v) is 1.87. The number of halogens is 1. The van der Waals surface area contributed by atoms with Gasteiger partial charge < -0.3 is 9.47 Å². The molecule has 0 spiro atoms. The Hall–Kier alpha value is -2.17. The lowest BCUT2D eigenvalue weighted by molar-refractivity contribution is -0.147. The van der Waals surface area contributed by atoms with Crippen molar-refractivity contribution in [2.75, 3.05) is 7.11 Å². The van der Waals surface area contributed by atoms with Crippen LogP contribution in [0.5, 0.6) is 5.75 Å². The van der Waals surface area contributed by atoms with E-state index in [1.165, 1.54) is 19.2 Å². The smallest absolute Gasteiger partial charge is 0.346 e. The van der Waals surface area contributed by atoms with E-state index in [0.717, 1.165) is 0 Å². The Morgan fingerprint density at radius 2 is 2.16 bits per heavy atom. The van der Waals surface area contributed by atoms with E-state index in [1.807, 2.05) is 0 Å². The molecule has 1 aromatic carbocycles. The molecule has 2 rings (SSSR count). The van der Waals surface area contributed by atoms with E-state index in [9.17, 15) is 9.18 Å². The molecule has 1 aromatic heterocycles. The zero-order valence-corrected chi connectivity index (χ0v) is 10.9. The first-order valence-corrected chi connectivity index (χ1v) is 5.82. The predicted octanol–water partition coefficient (Wildman–Crippen LogP) is 2.62. The van der Waals surface area contributed by atoms with Gasteiger partial charge in [0.25, 0.3) is 0 Å². The summed E-state index contributed by atoms with van der Waals surface area (Å²) in [5, 5.41) is 0.538. The number of hydrogen-bond acceptors (Lipinski definition) is 4. The number of rotatable bonds is 3. The van der Waals surface area contributed by atoms with Crippen molar-refractivity contribution < 1.29 is 18.7 Å². The number of carbonyl (C=O) groups excluding carboxylic acids is 1. The van der Waals surface area contributed by atoms with Crippen LogP contribution < -0.4 is 4.74 Å². The van der Waals surface area contributed by atoms with Crippen molar-refractivity contribution in [2.24, 2.45) is 0 Å². The molecular formula is C14H14FNO3. The lowest BCUT2D eigenvalue weighted by atomic mass is 10.1. The third-order valence-electron chi connectivity index (χ3n) is 2.80. The average molecular weight is 263 g/mol. The van der Waals surface area contributed by atoms with Crippen LogP contribution in [0.15, 0.2) is 24.4 Å². The van der Waals surface area contributed by atoms with Crippen LogP contribution in [-0.2, 0) is 9.53 Å². The lowest BCUT2D eigenvalue weighted by Gasteiger charge is -2.14. The fourth-order valence-electron chi connectivity index (χ4n) is 1.87. The Kier molecular flexibility index (Phi) is 3.64. The number of fused-ring (bicyclic) bond motifs is 1.